The molecular weight excluding hydrogens is 310 g/mol. The molecule has 1 N–H and O–H groups in total. The molecule has 0 saturated carbocycles. The first-order chi connectivity index (χ1) is 10.4. The number of benzene rings is 1. The SMILES string of the molecule is CCS(=O)(=O)N(CCCC(=O)O)c1cc(OC)ccc1OC. The van der Waals surface area contributed by atoms with E-state index in [9.17, 15) is 13.2 Å². The van der Waals surface area contributed by atoms with Crippen molar-refractivity contribution in [2.24, 2.45) is 0 Å². The Kier molecular flexibility index (Phi) is 6.48. The standard InChI is InChI=1S/C14H21NO6S/c1-4-22(18,19)15(9-5-6-14(16)17)12-10-11(20-2)7-8-13(12)21-3/h7-8,10H,4-6,9H2,1-3H3,(H,16,17). The molecule has 7 nitrogen and oxygen atoms in total. The van der Waals surface area contributed by atoms with Gasteiger partial charge in [-0.05, 0) is 25.5 Å². The lowest BCUT2D eigenvalue weighted by Gasteiger charge is -2.25. The van der Waals surface area contributed by atoms with Gasteiger partial charge in [0.15, 0.2) is 0 Å². The maximum Gasteiger partial charge on any atom is 0.303 e. The summed E-state index contributed by atoms with van der Waals surface area (Å²) in [5, 5.41) is 8.73. The van der Waals surface area contributed by atoms with Gasteiger partial charge < -0.3 is 14.6 Å². The summed E-state index contributed by atoms with van der Waals surface area (Å²) in [4.78, 5) is 10.6. The minimum absolute atomic E-state index is 0.0615. The minimum Gasteiger partial charge on any atom is -0.497 e. The molecule has 0 spiro atoms. The molecular formula is C14H21NO6S. The quantitative estimate of drug-likeness (QED) is 0.740. The van der Waals surface area contributed by atoms with E-state index >= 15 is 0 Å². The number of hydrogen-bond acceptors (Lipinski definition) is 5. The first-order valence-electron chi connectivity index (χ1n) is 6.80. The lowest BCUT2D eigenvalue weighted by atomic mass is 10.2. The Morgan fingerprint density at radius 3 is 2.45 bits per heavy atom. The van der Waals surface area contributed by atoms with Gasteiger partial charge in [-0.3, -0.25) is 9.10 Å². The van der Waals surface area contributed by atoms with Gasteiger partial charge in [-0.2, -0.15) is 0 Å². The number of sulfonamides is 1. The predicted octanol–water partition coefficient (Wildman–Crippen LogP) is 1.72. The highest BCUT2D eigenvalue weighted by atomic mass is 32.2. The molecule has 8 heteroatoms. The van der Waals surface area contributed by atoms with Crippen LogP contribution < -0.4 is 13.8 Å². The average molecular weight is 331 g/mol. The van der Waals surface area contributed by atoms with Crippen molar-refractivity contribution in [2.45, 2.75) is 19.8 Å². The Morgan fingerprint density at radius 1 is 1.27 bits per heavy atom. The van der Waals surface area contributed by atoms with Gasteiger partial charge >= 0.3 is 5.97 Å². The smallest absolute Gasteiger partial charge is 0.303 e. The van der Waals surface area contributed by atoms with Gasteiger partial charge in [0.25, 0.3) is 0 Å². The van der Waals surface area contributed by atoms with Gasteiger partial charge in [0, 0.05) is 19.0 Å². The molecule has 0 bridgehead atoms. The zero-order chi connectivity index (χ0) is 16.8. The number of anilines is 1. The summed E-state index contributed by atoms with van der Waals surface area (Å²) in [6.07, 6.45) is 0.0942. The summed E-state index contributed by atoms with van der Waals surface area (Å²) in [6.45, 7) is 1.60. The number of hydrogen-bond donors (Lipinski definition) is 1. The molecule has 1 rings (SSSR count). The topological polar surface area (TPSA) is 93.1 Å². The molecule has 1 aromatic rings. The molecule has 0 fully saturated rings. The first-order valence-corrected chi connectivity index (χ1v) is 8.40. The van der Waals surface area contributed by atoms with Crippen molar-refractivity contribution >= 4 is 21.7 Å². The summed E-state index contributed by atoms with van der Waals surface area (Å²) < 4.78 is 36.2. The normalized spacial score (nSPS) is 11.0. The Morgan fingerprint density at radius 2 is 1.95 bits per heavy atom. The van der Waals surface area contributed by atoms with Gasteiger partial charge in [0.2, 0.25) is 10.0 Å². The van der Waals surface area contributed by atoms with E-state index in [0.717, 1.165) is 0 Å². The van der Waals surface area contributed by atoms with E-state index in [1.54, 1.807) is 18.2 Å². The van der Waals surface area contributed by atoms with E-state index in [2.05, 4.69) is 0 Å². The second-order valence-electron chi connectivity index (χ2n) is 4.51. The number of carboxylic acids is 1. The summed E-state index contributed by atoms with van der Waals surface area (Å²) in [5.41, 5.74) is 0.342. The molecule has 0 atom stereocenters. The van der Waals surface area contributed by atoms with Crippen LogP contribution in [0.15, 0.2) is 18.2 Å². The number of carbonyl (C=O) groups is 1. The maximum absolute atomic E-state index is 12.3. The van der Waals surface area contributed by atoms with Crippen LogP contribution in [0.2, 0.25) is 0 Å². The molecule has 0 aromatic heterocycles. The third-order valence-electron chi connectivity index (χ3n) is 3.11. The number of ether oxygens (including phenoxy) is 2. The minimum atomic E-state index is -3.56. The molecule has 124 valence electrons. The van der Waals surface area contributed by atoms with Gasteiger partial charge in [-0.25, -0.2) is 8.42 Å². The molecule has 22 heavy (non-hydrogen) atoms. The maximum atomic E-state index is 12.3. The Balaban J connectivity index is 3.22. The average Bonchev–Trinajstić information content (AvgIpc) is 2.50. The number of rotatable bonds is 9. The predicted molar refractivity (Wildman–Crippen MR) is 83.2 cm³/mol. The van der Waals surface area contributed by atoms with Crippen LogP contribution in [0.4, 0.5) is 5.69 Å². The largest absolute Gasteiger partial charge is 0.497 e. The Labute approximate surface area is 130 Å². The molecule has 0 radical (unpaired) electrons. The highest BCUT2D eigenvalue weighted by molar-refractivity contribution is 7.92. The second kappa shape index (κ2) is 7.88. The highest BCUT2D eigenvalue weighted by Gasteiger charge is 2.24. The highest BCUT2D eigenvalue weighted by Crippen LogP contribution is 2.34. The van der Waals surface area contributed by atoms with Crippen LogP contribution in [0.5, 0.6) is 11.5 Å². The van der Waals surface area contributed by atoms with Gasteiger partial charge in [-0.1, -0.05) is 0 Å². The third kappa shape index (κ3) is 4.52. The second-order valence-corrected chi connectivity index (χ2v) is 6.69. The molecule has 0 saturated heterocycles. The molecule has 0 aliphatic rings. The number of carboxylic acid groups (broad SMARTS) is 1. The number of nitrogens with zero attached hydrogens (tertiary/aromatic N) is 1. The lowest BCUT2D eigenvalue weighted by Crippen LogP contribution is -2.33. The summed E-state index contributed by atoms with van der Waals surface area (Å²) >= 11 is 0. The van der Waals surface area contributed by atoms with E-state index in [0.29, 0.717) is 17.2 Å². The van der Waals surface area contributed by atoms with E-state index in [1.165, 1.54) is 25.4 Å². The third-order valence-corrected chi connectivity index (χ3v) is 4.89. The Bertz CT molecular complexity index is 614. The van der Waals surface area contributed by atoms with Crippen molar-refractivity contribution < 1.29 is 27.8 Å². The van der Waals surface area contributed by atoms with Crippen LogP contribution in [-0.2, 0) is 14.8 Å². The van der Waals surface area contributed by atoms with Crippen molar-refractivity contribution in [3.8, 4) is 11.5 Å². The summed E-state index contributed by atoms with van der Waals surface area (Å²) in [5.74, 6) is -0.189. The fraction of sp³-hybridized carbons (Fsp3) is 0.500. The van der Waals surface area contributed by atoms with E-state index in [-0.39, 0.29) is 25.1 Å². The molecule has 0 aliphatic heterocycles. The zero-order valence-corrected chi connectivity index (χ0v) is 13.7. The van der Waals surface area contributed by atoms with Gasteiger partial charge in [0.1, 0.15) is 11.5 Å². The summed E-state index contributed by atoms with van der Waals surface area (Å²) in [6, 6.07) is 4.84. The monoisotopic (exact) mass is 331 g/mol. The lowest BCUT2D eigenvalue weighted by molar-refractivity contribution is -0.137. The molecule has 0 heterocycles. The van der Waals surface area contributed by atoms with Crippen LogP contribution in [0.1, 0.15) is 19.8 Å². The van der Waals surface area contributed by atoms with Crippen molar-refractivity contribution in [3.05, 3.63) is 18.2 Å². The van der Waals surface area contributed by atoms with E-state index in [4.69, 9.17) is 14.6 Å². The van der Waals surface area contributed by atoms with Crippen molar-refractivity contribution in [1.82, 2.24) is 0 Å². The molecule has 0 amide bonds. The Hall–Kier alpha value is -1.96. The molecule has 1 aromatic carbocycles. The fourth-order valence-corrected chi connectivity index (χ4v) is 3.09. The molecule has 0 aliphatic carbocycles. The van der Waals surface area contributed by atoms with Crippen molar-refractivity contribution in [2.75, 3.05) is 30.8 Å². The van der Waals surface area contributed by atoms with E-state index < -0.39 is 16.0 Å². The first kappa shape index (κ1) is 18.1. The number of methoxy groups -OCH3 is 2. The van der Waals surface area contributed by atoms with Crippen LogP contribution >= 0.6 is 0 Å². The fourth-order valence-electron chi connectivity index (χ4n) is 1.93. The van der Waals surface area contributed by atoms with Crippen LogP contribution in [-0.4, -0.2) is 46.0 Å². The number of aliphatic carboxylic acids is 1. The zero-order valence-electron chi connectivity index (χ0n) is 12.9. The van der Waals surface area contributed by atoms with Gasteiger partial charge in [-0.15, -0.1) is 0 Å². The van der Waals surface area contributed by atoms with Crippen LogP contribution in [0, 0.1) is 0 Å². The van der Waals surface area contributed by atoms with E-state index in [1.807, 2.05) is 0 Å². The molecule has 0 unspecified atom stereocenters. The van der Waals surface area contributed by atoms with Crippen LogP contribution in [0.25, 0.3) is 0 Å². The van der Waals surface area contributed by atoms with Crippen molar-refractivity contribution in [3.63, 3.8) is 0 Å². The summed E-state index contributed by atoms with van der Waals surface area (Å²) in [7, 11) is -0.639. The van der Waals surface area contributed by atoms with Gasteiger partial charge in [0.05, 0.1) is 25.7 Å². The van der Waals surface area contributed by atoms with Crippen LogP contribution in [0.3, 0.4) is 0 Å². The van der Waals surface area contributed by atoms with Crippen molar-refractivity contribution in [1.29, 1.82) is 0 Å².